The summed E-state index contributed by atoms with van der Waals surface area (Å²) in [5.74, 6) is 2.53. The minimum absolute atomic E-state index is 0.324. The number of nitrogens with two attached hydrogens (primary N) is 1. The van der Waals surface area contributed by atoms with Crippen LogP contribution in [0.3, 0.4) is 0 Å². The quantitative estimate of drug-likeness (QED) is 0.268. The van der Waals surface area contributed by atoms with Gasteiger partial charge in [0, 0.05) is 17.3 Å². The zero-order chi connectivity index (χ0) is 27.9. The van der Waals surface area contributed by atoms with Crippen LogP contribution in [0.15, 0.2) is 60.8 Å². The summed E-state index contributed by atoms with van der Waals surface area (Å²) in [6, 6.07) is 16.0. The molecule has 1 heterocycles. The third kappa shape index (κ3) is 6.08. The first-order valence-electron chi connectivity index (χ1n) is 12.0. The summed E-state index contributed by atoms with van der Waals surface area (Å²) in [5.41, 5.74) is 10.2. The lowest BCUT2D eigenvalue weighted by atomic mass is 10.0. The summed E-state index contributed by atoms with van der Waals surface area (Å²) in [7, 11) is 7.87. The number of amides is 1. The van der Waals surface area contributed by atoms with Gasteiger partial charge in [0.25, 0.3) is 0 Å². The number of nitrogens with one attached hydrogen (secondary N) is 1. The van der Waals surface area contributed by atoms with Crippen molar-refractivity contribution in [2.75, 3.05) is 40.9 Å². The van der Waals surface area contributed by atoms with Gasteiger partial charge >= 0.3 is 0 Å². The maximum absolute atomic E-state index is 13.0. The van der Waals surface area contributed by atoms with Crippen LogP contribution in [-0.2, 0) is 11.2 Å². The highest BCUT2D eigenvalue weighted by molar-refractivity contribution is 7.10. The summed E-state index contributed by atoms with van der Waals surface area (Å²) in [6.45, 7) is 0. The summed E-state index contributed by atoms with van der Waals surface area (Å²) in [5, 5.41) is 2.93. The first kappa shape index (κ1) is 27.7. The van der Waals surface area contributed by atoms with E-state index < -0.39 is 6.04 Å². The van der Waals surface area contributed by atoms with E-state index in [9.17, 15) is 4.79 Å². The van der Waals surface area contributed by atoms with Crippen LogP contribution in [0.2, 0.25) is 0 Å². The molecule has 1 amide bonds. The molecule has 204 valence electrons. The van der Waals surface area contributed by atoms with Crippen molar-refractivity contribution in [2.24, 2.45) is 5.73 Å². The average molecular weight is 550 g/mol. The largest absolute Gasteiger partial charge is 0.497 e. The molecule has 0 aliphatic carbocycles. The smallest absolute Gasteiger partial charge is 0.241 e. The molecule has 10 heteroatoms. The highest BCUT2D eigenvalue weighted by atomic mass is 32.1. The molecule has 0 saturated heterocycles. The molecule has 0 aliphatic heterocycles. The van der Waals surface area contributed by atoms with Crippen LogP contribution in [0.5, 0.6) is 28.7 Å². The zero-order valence-electron chi connectivity index (χ0n) is 22.4. The number of hydrogen-bond donors (Lipinski definition) is 2. The van der Waals surface area contributed by atoms with Crippen LogP contribution in [0.4, 0.5) is 5.69 Å². The van der Waals surface area contributed by atoms with E-state index in [1.807, 2.05) is 48.5 Å². The number of carbonyl (C=O) groups excluding carboxylic acids is 1. The highest BCUT2D eigenvalue weighted by Gasteiger charge is 2.20. The number of anilines is 1. The molecule has 0 fully saturated rings. The minimum Gasteiger partial charge on any atom is -0.497 e. The van der Waals surface area contributed by atoms with E-state index in [1.54, 1.807) is 47.8 Å². The van der Waals surface area contributed by atoms with E-state index in [1.165, 1.54) is 11.5 Å². The van der Waals surface area contributed by atoms with Gasteiger partial charge in [-0.2, -0.15) is 4.37 Å². The van der Waals surface area contributed by atoms with Crippen molar-refractivity contribution in [3.63, 3.8) is 0 Å². The Bertz CT molecular complexity index is 1410. The van der Waals surface area contributed by atoms with Gasteiger partial charge < -0.3 is 34.7 Å². The second-order valence-corrected chi connectivity index (χ2v) is 9.35. The molecule has 0 saturated carbocycles. The molecule has 3 N–H and O–H groups in total. The Morgan fingerprint density at radius 1 is 0.846 bits per heavy atom. The van der Waals surface area contributed by atoms with Crippen molar-refractivity contribution in [1.29, 1.82) is 0 Å². The molecule has 4 rings (SSSR count). The van der Waals surface area contributed by atoms with Crippen LogP contribution in [0.25, 0.3) is 21.6 Å². The number of benzene rings is 3. The molecule has 1 atom stereocenters. The molecular weight excluding hydrogens is 518 g/mol. The van der Waals surface area contributed by atoms with Crippen LogP contribution >= 0.6 is 11.5 Å². The predicted molar refractivity (Wildman–Crippen MR) is 152 cm³/mol. The lowest BCUT2D eigenvalue weighted by Gasteiger charge is -2.16. The van der Waals surface area contributed by atoms with E-state index in [0.29, 0.717) is 35.1 Å². The van der Waals surface area contributed by atoms with E-state index in [0.717, 1.165) is 32.9 Å². The molecule has 0 spiro atoms. The summed E-state index contributed by atoms with van der Waals surface area (Å²) < 4.78 is 31.7. The molecule has 0 bridgehead atoms. The molecule has 0 radical (unpaired) electrons. The number of aromatic nitrogens is 1. The van der Waals surface area contributed by atoms with E-state index in [-0.39, 0.29) is 5.91 Å². The Labute approximate surface area is 231 Å². The normalized spacial score (nSPS) is 11.4. The molecule has 9 nitrogen and oxygen atoms in total. The third-order valence-electron chi connectivity index (χ3n) is 6.22. The molecule has 0 aliphatic rings. The Morgan fingerprint density at radius 3 is 2.10 bits per heavy atom. The predicted octanol–water partition coefficient (Wildman–Crippen LogP) is 5.03. The van der Waals surface area contributed by atoms with Gasteiger partial charge in [0.05, 0.1) is 52.2 Å². The molecule has 1 unspecified atom stereocenters. The summed E-state index contributed by atoms with van der Waals surface area (Å²) in [4.78, 5) is 13.9. The second kappa shape index (κ2) is 12.5. The first-order chi connectivity index (χ1) is 18.9. The van der Waals surface area contributed by atoms with Gasteiger partial charge in [0.15, 0.2) is 11.5 Å². The van der Waals surface area contributed by atoms with Gasteiger partial charge in [-0.1, -0.05) is 18.2 Å². The topological polar surface area (TPSA) is 114 Å². The lowest BCUT2D eigenvalue weighted by Crippen LogP contribution is -2.37. The van der Waals surface area contributed by atoms with Gasteiger partial charge in [-0.15, -0.1) is 0 Å². The summed E-state index contributed by atoms with van der Waals surface area (Å²) in [6.07, 6.45) is 2.16. The number of hydrogen-bond acceptors (Lipinski definition) is 9. The van der Waals surface area contributed by atoms with Crippen molar-refractivity contribution >= 4 is 23.1 Å². The van der Waals surface area contributed by atoms with Gasteiger partial charge in [-0.05, 0) is 65.5 Å². The van der Waals surface area contributed by atoms with Crippen LogP contribution in [-0.4, -0.2) is 51.9 Å². The van der Waals surface area contributed by atoms with Crippen LogP contribution < -0.4 is 34.7 Å². The molecular formula is C29H31N3O6S. The lowest BCUT2D eigenvalue weighted by molar-refractivity contribution is -0.117. The average Bonchev–Trinajstić information content (AvgIpc) is 3.46. The van der Waals surface area contributed by atoms with Gasteiger partial charge in [-0.3, -0.25) is 4.79 Å². The number of ether oxygens (including phenoxy) is 5. The van der Waals surface area contributed by atoms with Gasteiger partial charge in [0.1, 0.15) is 11.5 Å². The third-order valence-corrected chi connectivity index (χ3v) is 7.07. The summed E-state index contributed by atoms with van der Waals surface area (Å²) >= 11 is 1.34. The number of carbonyl (C=O) groups is 1. The number of nitrogens with zero attached hydrogens (tertiary/aromatic N) is 1. The SMILES string of the molecule is COc1ccc(CC(N)C(=O)Nc2cc(-c3cnsc3-c3cc(OC)c(OC)c(OC)c3)ccc2OC)cc1. The van der Waals surface area contributed by atoms with Crippen molar-refractivity contribution < 1.29 is 28.5 Å². The Morgan fingerprint density at radius 2 is 1.51 bits per heavy atom. The molecule has 4 aromatic rings. The maximum Gasteiger partial charge on any atom is 0.241 e. The van der Waals surface area contributed by atoms with Gasteiger partial charge in [0.2, 0.25) is 11.7 Å². The molecule has 3 aromatic carbocycles. The number of methoxy groups -OCH3 is 5. The van der Waals surface area contributed by atoms with Crippen molar-refractivity contribution in [2.45, 2.75) is 12.5 Å². The fraction of sp³-hybridized carbons (Fsp3) is 0.241. The minimum atomic E-state index is -0.760. The standard InChI is InChI=1S/C29H31N3O6S/c1-34-20-9-6-17(7-10-20)12-22(30)29(33)32-23-13-18(8-11-24(23)35-2)21-16-31-39-28(21)19-14-25(36-3)27(38-5)26(15-19)37-4/h6-11,13-16,22H,12,30H2,1-5H3,(H,32,33). The fourth-order valence-corrected chi connectivity index (χ4v) is 4.93. The molecule has 1 aromatic heterocycles. The highest BCUT2D eigenvalue weighted by Crippen LogP contribution is 2.45. The van der Waals surface area contributed by atoms with Crippen molar-refractivity contribution in [3.8, 4) is 50.3 Å². The van der Waals surface area contributed by atoms with E-state index >= 15 is 0 Å². The maximum atomic E-state index is 13.0. The monoisotopic (exact) mass is 549 g/mol. The van der Waals surface area contributed by atoms with E-state index in [4.69, 9.17) is 29.4 Å². The first-order valence-corrected chi connectivity index (χ1v) is 12.8. The fourth-order valence-electron chi connectivity index (χ4n) is 4.17. The Balaban J connectivity index is 1.62. The Kier molecular flexibility index (Phi) is 8.90. The zero-order valence-corrected chi connectivity index (χ0v) is 23.3. The second-order valence-electron chi connectivity index (χ2n) is 8.55. The Hall–Kier alpha value is -4.28. The van der Waals surface area contributed by atoms with E-state index in [2.05, 4.69) is 9.69 Å². The van der Waals surface area contributed by atoms with Crippen LogP contribution in [0.1, 0.15) is 5.56 Å². The number of rotatable bonds is 11. The molecule has 39 heavy (non-hydrogen) atoms. The van der Waals surface area contributed by atoms with Crippen molar-refractivity contribution in [3.05, 3.63) is 66.4 Å². The van der Waals surface area contributed by atoms with Crippen molar-refractivity contribution in [1.82, 2.24) is 4.37 Å². The van der Waals surface area contributed by atoms with Gasteiger partial charge in [-0.25, -0.2) is 0 Å². The van der Waals surface area contributed by atoms with Crippen LogP contribution in [0, 0.1) is 0 Å².